The maximum atomic E-state index is 13.1. The first kappa shape index (κ1) is 17.2. The van der Waals surface area contributed by atoms with E-state index >= 15 is 0 Å². The molecule has 0 aliphatic carbocycles. The molecule has 0 atom stereocenters. The molecule has 0 saturated carbocycles. The van der Waals surface area contributed by atoms with Crippen LogP contribution in [0, 0.1) is 18.3 Å². The maximum Gasteiger partial charge on any atom is 0.264 e. The van der Waals surface area contributed by atoms with Crippen molar-refractivity contribution in [1.29, 1.82) is 5.26 Å². The van der Waals surface area contributed by atoms with Crippen molar-refractivity contribution in [3.63, 3.8) is 0 Å². The molecule has 2 aromatic heterocycles. The molecule has 25 heavy (non-hydrogen) atoms. The highest BCUT2D eigenvalue weighted by atomic mass is 32.1. The molecular weight excluding hydrogens is 332 g/mol. The zero-order valence-corrected chi connectivity index (χ0v) is 15.6. The zero-order chi connectivity index (χ0) is 18.1. The molecule has 0 unspecified atom stereocenters. The van der Waals surface area contributed by atoms with Crippen molar-refractivity contribution in [2.45, 2.75) is 33.4 Å². The van der Waals surface area contributed by atoms with E-state index in [9.17, 15) is 4.79 Å². The van der Waals surface area contributed by atoms with Gasteiger partial charge in [-0.2, -0.15) is 10.4 Å². The molecule has 0 fully saturated rings. The first-order valence-corrected chi connectivity index (χ1v) is 8.95. The minimum absolute atomic E-state index is 0.0277. The molecule has 3 aromatic rings. The number of thiophene rings is 1. The highest BCUT2D eigenvalue weighted by Crippen LogP contribution is 2.29. The molecule has 3 rings (SSSR count). The minimum Gasteiger partial charge on any atom is -0.331 e. The molecule has 0 aliphatic rings. The molecule has 2 heterocycles. The first-order valence-electron chi connectivity index (χ1n) is 8.14. The third-order valence-electron chi connectivity index (χ3n) is 4.23. The highest BCUT2D eigenvalue weighted by molar-refractivity contribution is 7.20. The van der Waals surface area contributed by atoms with Crippen LogP contribution in [-0.2, 0) is 13.6 Å². The van der Waals surface area contributed by atoms with E-state index in [0.29, 0.717) is 12.1 Å². The Morgan fingerprint density at radius 1 is 1.36 bits per heavy atom. The van der Waals surface area contributed by atoms with Gasteiger partial charge in [-0.3, -0.25) is 9.48 Å². The van der Waals surface area contributed by atoms with Gasteiger partial charge in [-0.25, -0.2) is 0 Å². The Hall–Kier alpha value is -2.65. The van der Waals surface area contributed by atoms with E-state index in [-0.39, 0.29) is 11.9 Å². The average Bonchev–Trinajstić information content (AvgIpc) is 3.14. The van der Waals surface area contributed by atoms with Gasteiger partial charge in [0.2, 0.25) is 0 Å². The van der Waals surface area contributed by atoms with Gasteiger partial charge in [0, 0.05) is 25.0 Å². The van der Waals surface area contributed by atoms with Crippen molar-refractivity contribution >= 4 is 27.5 Å². The molecule has 0 bridgehead atoms. The number of amides is 1. The van der Waals surface area contributed by atoms with Crippen LogP contribution in [0.4, 0.5) is 0 Å². The second-order valence-corrected chi connectivity index (χ2v) is 7.40. The summed E-state index contributed by atoms with van der Waals surface area (Å²) in [6.45, 7) is 6.51. The molecule has 0 spiro atoms. The number of carbonyl (C=O) groups excluding carboxylic acids is 1. The summed E-state index contributed by atoms with van der Waals surface area (Å²) in [5.74, 6) is 0.0277. The van der Waals surface area contributed by atoms with Crippen LogP contribution in [0.25, 0.3) is 10.2 Å². The summed E-state index contributed by atoms with van der Waals surface area (Å²) in [4.78, 5) is 16.7. The molecule has 1 amide bonds. The van der Waals surface area contributed by atoms with Crippen LogP contribution in [0.3, 0.4) is 0 Å². The standard InChI is InChI=1S/C19H20N4OS/c1-12(2)23(11-15-7-5-14(10-20)6-8-15)18(24)17-9-16-13(3)21-22(4)19(16)25-17/h5-9,12H,11H2,1-4H3. The number of hydrogen-bond donors (Lipinski definition) is 0. The number of aryl methyl sites for hydroxylation is 2. The van der Waals surface area contributed by atoms with Gasteiger partial charge in [0.25, 0.3) is 5.91 Å². The Balaban J connectivity index is 1.89. The molecule has 0 saturated heterocycles. The number of fused-ring (bicyclic) bond motifs is 1. The SMILES string of the molecule is Cc1nn(C)c2sc(C(=O)N(Cc3ccc(C#N)cc3)C(C)C)cc12. The van der Waals surface area contributed by atoms with Crippen LogP contribution in [0.15, 0.2) is 30.3 Å². The molecule has 1 aromatic carbocycles. The molecule has 128 valence electrons. The Bertz CT molecular complexity index is 925. The van der Waals surface area contributed by atoms with Crippen molar-refractivity contribution in [2.24, 2.45) is 7.05 Å². The van der Waals surface area contributed by atoms with Gasteiger partial charge in [0.15, 0.2) is 0 Å². The summed E-state index contributed by atoms with van der Waals surface area (Å²) in [6.07, 6.45) is 0. The highest BCUT2D eigenvalue weighted by Gasteiger charge is 2.22. The lowest BCUT2D eigenvalue weighted by Crippen LogP contribution is -2.35. The van der Waals surface area contributed by atoms with Crippen molar-refractivity contribution in [3.05, 3.63) is 52.0 Å². The Morgan fingerprint density at radius 3 is 2.60 bits per heavy atom. The van der Waals surface area contributed by atoms with Gasteiger partial charge in [0.1, 0.15) is 4.83 Å². The second kappa shape index (κ2) is 6.69. The number of aromatic nitrogens is 2. The minimum atomic E-state index is 0.0277. The molecular formula is C19H20N4OS. The smallest absolute Gasteiger partial charge is 0.264 e. The van der Waals surface area contributed by atoms with Gasteiger partial charge in [0.05, 0.1) is 22.2 Å². The lowest BCUT2D eigenvalue weighted by molar-refractivity contribution is 0.0695. The number of nitriles is 1. The number of benzene rings is 1. The fourth-order valence-corrected chi connectivity index (χ4v) is 3.90. The monoisotopic (exact) mass is 352 g/mol. The Morgan fingerprint density at radius 2 is 2.04 bits per heavy atom. The summed E-state index contributed by atoms with van der Waals surface area (Å²) in [5, 5.41) is 14.3. The summed E-state index contributed by atoms with van der Waals surface area (Å²) >= 11 is 1.48. The molecule has 0 radical (unpaired) electrons. The number of nitrogens with zero attached hydrogens (tertiary/aromatic N) is 4. The van der Waals surface area contributed by atoms with E-state index in [1.54, 1.807) is 12.1 Å². The van der Waals surface area contributed by atoms with Crippen LogP contribution in [0.1, 0.15) is 40.3 Å². The van der Waals surface area contributed by atoms with Crippen LogP contribution >= 0.6 is 11.3 Å². The summed E-state index contributed by atoms with van der Waals surface area (Å²) in [5.41, 5.74) is 2.58. The predicted molar refractivity (Wildman–Crippen MR) is 99.5 cm³/mol. The first-order chi connectivity index (χ1) is 11.9. The molecule has 0 aliphatic heterocycles. The van der Waals surface area contributed by atoms with Gasteiger partial charge in [-0.15, -0.1) is 11.3 Å². The van der Waals surface area contributed by atoms with E-state index in [1.807, 2.05) is 55.6 Å². The number of carbonyl (C=O) groups is 1. The van der Waals surface area contributed by atoms with Gasteiger partial charge < -0.3 is 4.90 Å². The van der Waals surface area contributed by atoms with E-state index < -0.39 is 0 Å². The lowest BCUT2D eigenvalue weighted by Gasteiger charge is -2.26. The summed E-state index contributed by atoms with van der Waals surface area (Å²) < 4.78 is 1.83. The average molecular weight is 352 g/mol. The van der Waals surface area contributed by atoms with E-state index in [2.05, 4.69) is 11.2 Å². The number of rotatable bonds is 4. The van der Waals surface area contributed by atoms with Crippen molar-refractivity contribution in [2.75, 3.05) is 0 Å². The largest absolute Gasteiger partial charge is 0.331 e. The van der Waals surface area contributed by atoms with Crippen LogP contribution in [0.5, 0.6) is 0 Å². The Kier molecular flexibility index (Phi) is 4.60. The normalized spacial score (nSPS) is 11.0. The molecule has 5 nitrogen and oxygen atoms in total. The lowest BCUT2D eigenvalue weighted by atomic mass is 10.1. The third kappa shape index (κ3) is 3.28. The molecule has 0 N–H and O–H groups in total. The van der Waals surface area contributed by atoms with Crippen LogP contribution < -0.4 is 0 Å². The van der Waals surface area contributed by atoms with Crippen molar-refractivity contribution in [1.82, 2.24) is 14.7 Å². The van der Waals surface area contributed by atoms with Gasteiger partial charge in [-0.1, -0.05) is 12.1 Å². The van der Waals surface area contributed by atoms with Crippen molar-refractivity contribution in [3.8, 4) is 6.07 Å². The van der Waals surface area contributed by atoms with E-state index in [4.69, 9.17) is 5.26 Å². The van der Waals surface area contributed by atoms with E-state index in [1.165, 1.54) is 11.3 Å². The second-order valence-electron chi connectivity index (χ2n) is 6.37. The topological polar surface area (TPSA) is 61.9 Å². The van der Waals surface area contributed by atoms with Crippen LogP contribution in [-0.4, -0.2) is 26.6 Å². The fourth-order valence-electron chi connectivity index (χ4n) is 2.82. The predicted octanol–water partition coefficient (Wildman–Crippen LogP) is 3.87. The fraction of sp³-hybridized carbons (Fsp3) is 0.316. The van der Waals surface area contributed by atoms with Crippen LogP contribution in [0.2, 0.25) is 0 Å². The number of hydrogen-bond acceptors (Lipinski definition) is 4. The third-order valence-corrected chi connectivity index (χ3v) is 5.42. The van der Waals surface area contributed by atoms with Crippen molar-refractivity contribution < 1.29 is 4.79 Å². The Labute approximate surface area is 151 Å². The van der Waals surface area contributed by atoms with Gasteiger partial charge >= 0.3 is 0 Å². The summed E-state index contributed by atoms with van der Waals surface area (Å²) in [6, 6.07) is 11.5. The maximum absolute atomic E-state index is 13.1. The summed E-state index contributed by atoms with van der Waals surface area (Å²) in [7, 11) is 1.90. The van der Waals surface area contributed by atoms with Gasteiger partial charge in [-0.05, 0) is 44.5 Å². The molecule has 6 heteroatoms. The quantitative estimate of drug-likeness (QED) is 0.716. The zero-order valence-electron chi connectivity index (χ0n) is 14.8. The van der Waals surface area contributed by atoms with E-state index in [0.717, 1.165) is 26.4 Å².